The summed E-state index contributed by atoms with van der Waals surface area (Å²) >= 11 is 0. The molecular weight excluding hydrogens is 274 g/mol. The molecule has 0 saturated heterocycles. The molecule has 1 aromatic carbocycles. The van der Waals surface area contributed by atoms with Crippen LogP contribution in [0.4, 0.5) is 11.8 Å². The zero-order valence-electron chi connectivity index (χ0n) is 13.2. The first-order valence-corrected chi connectivity index (χ1v) is 7.49. The number of hydrogen-bond donors (Lipinski definition) is 2. The summed E-state index contributed by atoms with van der Waals surface area (Å²) < 4.78 is 2.33. The highest BCUT2D eigenvalue weighted by Crippen LogP contribution is 2.19. The van der Waals surface area contributed by atoms with Crippen molar-refractivity contribution in [3.63, 3.8) is 0 Å². The molecule has 5 nitrogen and oxygen atoms in total. The number of rotatable bonds is 5. The minimum Gasteiger partial charge on any atom is -0.368 e. The van der Waals surface area contributed by atoms with Gasteiger partial charge in [-0.1, -0.05) is 18.2 Å². The molecule has 0 bridgehead atoms. The second kappa shape index (κ2) is 6.05. The van der Waals surface area contributed by atoms with Gasteiger partial charge in [0.1, 0.15) is 5.82 Å². The van der Waals surface area contributed by atoms with Crippen molar-refractivity contribution in [3.05, 3.63) is 47.8 Å². The van der Waals surface area contributed by atoms with Gasteiger partial charge >= 0.3 is 0 Å². The van der Waals surface area contributed by atoms with Crippen LogP contribution in [0.5, 0.6) is 0 Å². The molecule has 114 valence electrons. The first-order chi connectivity index (χ1) is 10.7. The van der Waals surface area contributed by atoms with Crippen molar-refractivity contribution in [1.82, 2.24) is 14.5 Å². The lowest BCUT2D eigenvalue weighted by Gasteiger charge is -2.11. The van der Waals surface area contributed by atoms with Gasteiger partial charge in [-0.15, -0.1) is 0 Å². The summed E-state index contributed by atoms with van der Waals surface area (Å²) in [5.74, 6) is 1.50. The zero-order chi connectivity index (χ0) is 15.5. The Labute approximate surface area is 130 Å². The Kier molecular flexibility index (Phi) is 3.96. The summed E-state index contributed by atoms with van der Waals surface area (Å²) in [6.45, 7) is 5.83. The normalized spacial score (nSPS) is 10.9. The molecule has 3 rings (SSSR count). The third-order valence-electron chi connectivity index (χ3n) is 3.74. The average molecular weight is 295 g/mol. The van der Waals surface area contributed by atoms with Crippen LogP contribution in [0.25, 0.3) is 10.9 Å². The maximum absolute atomic E-state index is 4.41. The molecule has 0 aliphatic heterocycles. The maximum Gasteiger partial charge on any atom is 0.224 e. The Bertz CT molecular complexity index is 791. The summed E-state index contributed by atoms with van der Waals surface area (Å²) in [6, 6.07) is 12.7. The molecule has 2 aromatic heterocycles. The first kappa shape index (κ1) is 14.4. The third-order valence-corrected chi connectivity index (χ3v) is 3.74. The van der Waals surface area contributed by atoms with Crippen LogP contribution in [0.3, 0.4) is 0 Å². The van der Waals surface area contributed by atoms with E-state index in [2.05, 4.69) is 62.4 Å². The summed E-state index contributed by atoms with van der Waals surface area (Å²) in [5, 5.41) is 7.64. The number of para-hydroxylation sites is 1. The molecule has 0 saturated carbocycles. The van der Waals surface area contributed by atoms with Crippen LogP contribution in [0, 0.1) is 13.8 Å². The fourth-order valence-corrected chi connectivity index (χ4v) is 2.71. The van der Waals surface area contributed by atoms with Crippen molar-refractivity contribution in [1.29, 1.82) is 0 Å². The lowest BCUT2D eigenvalue weighted by molar-refractivity contribution is 0.732. The topological polar surface area (TPSA) is 54.8 Å². The van der Waals surface area contributed by atoms with Gasteiger partial charge < -0.3 is 15.2 Å². The molecule has 0 aliphatic rings. The number of anilines is 2. The van der Waals surface area contributed by atoms with Crippen molar-refractivity contribution in [3.8, 4) is 0 Å². The van der Waals surface area contributed by atoms with E-state index in [1.807, 2.05) is 20.0 Å². The largest absolute Gasteiger partial charge is 0.368 e. The van der Waals surface area contributed by atoms with Crippen molar-refractivity contribution in [2.24, 2.45) is 0 Å². The highest BCUT2D eigenvalue weighted by atomic mass is 15.1. The molecule has 0 fully saturated rings. The molecule has 2 heterocycles. The number of fused-ring (bicyclic) bond motifs is 1. The highest BCUT2D eigenvalue weighted by Gasteiger charge is 2.05. The molecular formula is C17H21N5. The lowest BCUT2D eigenvalue weighted by atomic mass is 10.2. The fourth-order valence-electron chi connectivity index (χ4n) is 2.71. The van der Waals surface area contributed by atoms with Gasteiger partial charge in [-0.25, -0.2) is 4.98 Å². The maximum atomic E-state index is 4.41. The van der Waals surface area contributed by atoms with E-state index >= 15 is 0 Å². The molecule has 0 aliphatic carbocycles. The van der Waals surface area contributed by atoms with Crippen LogP contribution >= 0.6 is 0 Å². The fraction of sp³-hybridized carbons (Fsp3) is 0.294. The monoisotopic (exact) mass is 295 g/mol. The molecule has 5 heteroatoms. The van der Waals surface area contributed by atoms with Gasteiger partial charge in [0.2, 0.25) is 5.95 Å². The molecule has 0 amide bonds. The van der Waals surface area contributed by atoms with E-state index in [0.29, 0.717) is 5.95 Å². The Morgan fingerprint density at radius 2 is 1.91 bits per heavy atom. The van der Waals surface area contributed by atoms with Crippen molar-refractivity contribution < 1.29 is 0 Å². The Morgan fingerprint density at radius 1 is 1.09 bits per heavy atom. The van der Waals surface area contributed by atoms with Crippen molar-refractivity contribution in [2.45, 2.75) is 20.4 Å². The van der Waals surface area contributed by atoms with Crippen LogP contribution < -0.4 is 10.6 Å². The number of nitrogens with one attached hydrogen (secondary N) is 2. The second-order valence-corrected chi connectivity index (χ2v) is 5.39. The lowest BCUT2D eigenvalue weighted by Crippen LogP contribution is -2.13. The van der Waals surface area contributed by atoms with Gasteiger partial charge in [-0.2, -0.15) is 4.98 Å². The van der Waals surface area contributed by atoms with Crippen molar-refractivity contribution in [2.75, 3.05) is 24.2 Å². The molecule has 0 spiro atoms. The predicted octanol–water partition coefficient (Wildman–Crippen LogP) is 3.20. The Balaban J connectivity index is 1.72. The van der Waals surface area contributed by atoms with Crippen LogP contribution in [-0.4, -0.2) is 28.1 Å². The van der Waals surface area contributed by atoms with Gasteiger partial charge in [0.05, 0.1) is 0 Å². The molecule has 0 radical (unpaired) electrons. The minimum atomic E-state index is 0.644. The number of nitrogens with zero attached hydrogens (tertiary/aromatic N) is 3. The molecule has 22 heavy (non-hydrogen) atoms. The van der Waals surface area contributed by atoms with E-state index in [1.54, 1.807) is 0 Å². The molecule has 0 atom stereocenters. The summed E-state index contributed by atoms with van der Waals surface area (Å²) in [7, 11) is 1.83. The zero-order valence-corrected chi connectivity index (χ0v) is 13.2. The quantitative estimate of drug-likeness (QED) is 0.759. The van der Waals surface area contributed by atoms with E-state index in [1.165, 1.54) is 16.6 Å². The summed E-state index contributed by atoms with van der Waals surface area (Å²) in [6.07, 6.45) is 0. The first-order valence-electron chi connectivity index (χ1n) is 7.49. The number of aromatic nitrogens is 3. The van der Waals surface area contributed by atoms with Crippen molar-refractivity contribution >= 4 is 22.7 Å². The van der Waals surface area contributed by atoms with Gasteiger partial charge in [0.25, 0.3) is 0 Å². The summed E-state index contributed by atoms with van der Waals surface area (Å²) in [4.78, 5) is 8.71. The van der Waals surface area contributed by atoms with Gasteiger partial charge in [0.15, 0.2) is 0 Å². The van der Waals surface area contributed by atoms with Crippen LogP contribution in [0.2, 0.25) is 0 Å². The summed E-state index contributed by atoms with van der Waals surface area (Å²) in [5.41, 5.74) is 3.50. The Morgan fingerprint density at radius 3 is 2.73 bits per heavy atom. The van der Waals surface area contributed by atoms with Gasteiger partial charge in [-0.3, -0.25) is 0 Å². The molecule has 3 aromatic rings. The SMILES string of the molecule is CNc1nc(C)cc(NCCn2c(C)cc3ccccc32)n1. The molecule has 2 N–H and O–H groups in total. The number of hydrogen-bond acceptors (Lipinski definition) is 4. The third kappa shape index (κ3) is 2.88. The number of benzene rings is 1. The van der Waals surface area contributed by atoms with E-state index in [9.17, 15) is 0 Å². The standard InChI is InChI=1S/C17H21N5/c1-12-10-16(21-17(18-3)20-12)19-8-9-22-13(2)11-14-6-4-5-7-15(14)22/h4-7,10-11H,8-9H2,1-3H3,(H2,18,19,20,21). The van der Waals surface area contributed by atoms with Crippen LogP contribution in [-0.2, 0) is 6.54 Å². The Hall–Kier alpha value is -2.56. The van der Waals surface area contributed by atoms with Gasteiger partial charge in [0, 0.05) is 43.1 Å². The predicted molar refractivity (Wildman–Crippen MR) is 91.5 cm³/mol. The van der Waals surface area contributed by atoms with Gasteiger partial charge in [-0.05, 0) is 31.4 Å². The van der Waals surface area contributed by atoms with Crippen LogP contribution in [0.15, 0.2) is 36.4 Å². The van der Waals surface area contributed by atoms with E-state index in [0.717, 1.165) is 24.6 Å². The van der Waals surface area contributed by atoms with E-state index < -0.39 is 0 Å². The average Bonchev–Trinajstić information content (AvgIpc) is 2.83. The number of aryl methyl sites for hydroxylation is 2. The second-order valence-electron chi connectivity index (χ2n) is 5.39. The van der Waals surface area contributed by atoms with E-state index in [4.69, 9.17) is 0 Å². The molecule has 0 unspecified atom stereocenters. The van der Waals surface area contributed by atoms with E-state index in [-0.39, 0.29) is 0 Å². The van der Waals surface area contributed by atoms with Crippen LogP contribution in [0.1, 0.15) is 11.4 Å². The highest BCUT2D eigenvalue weighted by molar-refractivity contribution is 5.81. The smallest absolute Gasteiger partial charge is 0.224 e. The minimum absolute atomic E-state index is 0.644.